The molecule has 150 valence electrons. The van der Waals surface area contributed by atoms with Crippen molar-refractivity contribution < 1.29 is 26.3 Å². The predicted molar refractivity (Wildman–Crippen MR) is 100.0 cm³/mol. The van der Waals surface area contributed by atoms with Crippen molar-refractivity contribution in [1.82, 2.24) is 0 Å². The fraction of sp³-hybridized carbons (Fsp3) is 0.143. The van der Waals surface area contributed by atoms with Crippen LogP contribution < -0.4 is 4.90 Å². The molecule has 1 aliphatic heterocycles. The molecule has 1 heterocycles. The predicted octanol–water partition coefficient (Wildman–Crippen LogP) is 7.97. The number of benzene rings is 3. The second-order valence-electron chi connectivity index (χ2n) is 6.56. The molecule has 1 aliphatic rings. The van der Waals surface area contributed by atoms with Crippen LogP contribution in [0, 0.1) is 6.92 Å². The highest BCUT2D eigenvalue weighted by Gasteiger charge is 2.41. The molecule has 0 aliphatic carbocycles. The molecule has 8 heteroatoms. The van der Waals surface area contributed by atoms with Crippen LogP contribution in [0.1, 0.15) is 16.7 Å². The highest BCUT2D eigenvalue weighted by Crippen LogP contribution is 2.54. The first-order valence-electron chi connectivity index (χ1n) is 8.52. The quantitative estimate of drug-likeness (QED) is 0.285. The Bertz CT molecular complexity index is 1040. The van der Waals surface area contributed by atoms with Crippen LogP contribution in [0.4, 0.5) is 43.4 Å². The molecule has 1 nitrogen and oxygen atoms in total. The van der Waals surface area contributed by atoms with Gasteiger partial charge in [-0.1, -0.05) is 36.0 Å². The molecular weight excluding hydrogens is 412 g/mol. The summed E-state index contributed by atoms with van der Waals surface area (Å²) in [5, 5.41) is 0. The zero-order chi connectivity index (χ0) is 21.0. The molecule has 0 bridgehead atoms. The van der Waals surface area contributed by atoms with Crippen molar-refractivity contribution in [3.63, 3.8) is 0 Å². The summed E-state index contributed by atoms with van der Waals surface area (Å²) in [6.45, 7) is 1.27. The third-order valence-electron chi connectivity index (χ3n) is 4.59. The first-order valence-corrected chi connectivity index (χ1v) is 9.34. The van der Waals surface area contributed by atoms with Crippen LogP contribution >= 0.6 is 11.8 Å². The monoisotopic (exact) mass is 425 g/mol. The normalized spacial score (nSPS) is 13.8. The number of halogens is 6. The largest absolute Gasteiger partial charge is 0.418 e. The molecule has 29 heavy (non-hydrogen) atoms. The first-order chi connectivity index (χ1) is 13.6. The van der Waals surface area contributed by atoms with E-state index in [2.05, 4.69) is 0 Å². The van der Waals surface area contributed by atoms with Gasteiger partial charge >= 0.3 is 12.4 Å². The molecule has 0 unspecified atom stereocenters. The van der Waals surface area contributed by atoms with E-state index in [0.29, 0.717) is 11.4 Å². The van der Waals surface area contributed by atoms with Crippen LogP contribution in [0.15, 0.2) is 70.5 Å². The van der Waals surface area contributed by atoms with E-state index < -0.39 is 23.5 Å². The van der Waals surface area contributed by atoms with Crippen molar-refractivity contribution in [1.29, 1.82) is 0 Å². The molecular formula is C21H13F6NS. The lowest BCUT2D eigenvalue weighted by atomic mass is 10.00. The van der Waals surface area contributed by atoms with Gasteiger partial charge in [0.05, 0.1) is 28.2 Å². The lowest BCUT2D eigenvalue weighted by Crippen LogP contribution is -2.22. The summed E-state index contributed by atoms with van der Waals surface area (Å²) in [6.07, 6.45) is -9.84. The van der Waals surface area contributed by atoms with Crippen LogP contribution in [0.5, 0.6) is 0 Å². The lowest BCUT2D eigenvalue weighted by molar-refractivity contribution is -0.142. The highest BCUT2D eigenvalue weighted by molar-refractivity contribution is 7.99. The summed E-state index contributed by atoms with van der Waals surface area (Å²) in [5.41, 5.74) is -2.07. The van der Waals surface area contributed by atoms with E-state index in [9.17, 15) is 26.3 Å². The number of fused-ring (bicyclic) bond motifs is 2. The van der Waals surface area contributed by atoms with Gasteiger partial charge in [-0.2, -0.15) is 26.3 Å². The van der Waals surface area contributed by atoms with E-state index in [0.717, 1.165) is 15.9 Å². The zero-order valence-electron chi connectivity index (χ0n) is 14.9. The number of nitrogens with zero attached hydrogens (tertiary/aromatic N) is 1. The Morgan fingerprint density at radius 2 is 1.24 bits per heavy atom. The van der Waals surface area contributed by atoms with Crippen LogP contribution in [0.2, 0.25) is 0 Å². The lowest BCUT2D eigenvalue weighted by Gasteiger charge is -2.35. The average Bonchev–Trinajstić information content (AvgIpc) is 2.64. The number of para-hydroxylation sites is 2. The molecule has 0 atom stereocenters. The maximum Gasteiger partial charge on any atom is 0.418 e. The molecule has 0 fully saturated rings. The van der Waals surface area contributed by atoms with Crippen molar-refractivity contribution >= 4 is 28.8 Å². The maximum absolute atomic E-state index is 13.9. The van der Waals surface area contributed by atoms with E-state index in [1.54, 1.807) is 48.5 Å². The number of alkyl halides is 6. The van der Waals surface area contributed by atoms with Crippen LogP contribution in [0.3, 0.4) is 0 Å². The van der Waals surface area contributed by atoms with Crippen molar-refractivity contribution in [2.24, 2.45) is 0 Å². The molecule has 0 radical (unpaired) electrons. The number of hydrogen-bond donors (Lipinski definition) is 0. The molecule has 0 aromatic heterocycles. The Balaban J connectivity index is 2.06. The van der Waals surface area contributed by atoms with Gasteiger partial charge in [-0.3, -0.25) is 0 Å². The zero-order valence-corrected chi connectivity index (χ0v) is 15.7. The molecule has 3 aromatic rings. The van der Waals surface area contributed by atoms with Gasteiger partial charge in [0.15, 0.2) is 0 Å². The Kier molecular flexibility index (Phi) is 4.57. The minimum absolute atomic E-state index is 0.108. The topological polar surface area (TPSA) is 3.24 Å². The minimum Gasteiger partial charge on any atom is -0.307 e. The van der Waals surface area contributed by atoms with Gasteiger partial charge in [0, 0.05) is 9.79 Å². The van der Waals surface area contributed by atoms with E-state index >= 15 is 0 Å². The third kappa shape index (κ3) is 3.46. The van der Waals surface area contributed by atoms with Gasteiger partial charge in [0.1, 0.15) is 0 Å². The number of aryl methyl sites for hydroxylation is 1. The van der Waals surface area contributed by atoms with Gasteiger partial charge in [0.2, 0.25) is 0 Å². The minimum atomic E-state index is -4.96. The molecule has 0 N–H and O–H groups in total. The Morgan fingerprint density at radius 3 is 1.72 bits per heavy atom. The molecule has 0 saturated carbocycles. The van der Waals surface area contributed by atoms with Crippen molar-refractivity contribution in [2.45, 2.75) is 29.1 Å². The van der Waals surface area contributed by atoms with Gasteiger partial charge in [-0.15, -0.1) is 0 Å². The van der Waals surface area contributed by atoms with E-state index in [1.165, 1.54) is 23.6 Å². The summed E-state index contributed by atoms with van der Waals surface area (Å²) in [4.78, 5) is 2.84. The maximum atomic E-state index is 13.9. The van der Waals surface area contributed by atoms with E-state index in [-0.39, 0.29) is 17.3 Å². The van der Waals surface area contributed by atoms with E-state index in [1.807, 2.05) is 0 Å². The average molecular weight is 425 g/mol. The fourth-order valence-corrected chi connectivity index (χ4v) is 4.46. The Morgan fingerprint density at radius 1 is 0.724 bits per heavy atom. The molecule has 4 rings (SSSR count). The van der Waals surface area contributed by atoms with Crippen molar-refractivity contribution in [3.05, 3.63) is 77.4 Å². The van der Waals surface area contributed by atoms with E-state index in [4.69, 9.17) is 0 Å². The Labute approximate surface area is 167 Å². The smallest absolute Gasteiger partial charge is 0.307 e. The molecule has 3 aromatic carbocycles. The fourth-order valence-electron chi connectivity index (χ4n) is 3.40. The second kappa shape index (κ2) is 6.73. The third-order valence-corrected chi connectivity index (χ3v) is 5.72. The van der Waals surface area contributed by atoms with Crippen molar-refractivity contribution in [2.75, 3.05) is 4.90 Å². The molecule has 0 saturated heterocycles. The SMILES string of the molecule is Cc1cc(C(F)(F)F)cc(C(F)(F)F)c1N1c2ccccc2Sc2ccccc21. The summed E-state index contributed by atoms with van der Waals surface area (Å²) in [7, 11) is 0. The summed E-state index contributed by atoms with van der Waals surface area (Å²) < 4.78 is 81.3. The van der Waals surface area contributed by atoms with Crippen LogP contribution in [-0.4, -0.2) is 0 Å². The number of rotatable bonds is 1. The summed E-state index contributed by atoms with van der Waals surface area (Å²) in [5.74, 6) is 0. The summed E-state index contributed by atoms with van der Waals surface area (Å²) >= 11 is 1.40. The van der Waals surface area contributed by atoms with Gasteiger partial charge < -0.3 is 4.90 Å². The standard InChI is InChI=1S/C21H13F6NS/c1-12-10-13(20(22,23)24)11-14(21(25,26)27)19(12)28-15-6-2-4-8-17(15)29-18-9-5-3-7-16(18)28/h2-11H,1H3. The van der Waals surface area contributed by atoms with Gasteiger partial charge in [0.25, 0.3) is 0 Å². The number of hydrogen-bond acceptors (Lipinski definition) is 2. The molecule has 0 amide bonds. The Hall–Kier alpha value is -2.61. The second-order valence-corrected chi connectivity index (χ2v) is 7.64. The number of anilines is 3. The molecule has 0 spiro atoms. The van der Waals surface area contributed by atoms with Crippen LogP contribution in [0.25, 0.3) is 0 Å². The van der Waals surface area contributed by atoms with Gasteiger partial charge in [-0.25, -0.2) is 0 Å². The first kappa shape index (κ1) is 19.7. The van der Waals surface area contributed by atoms with Crippen LogP contribution in [-0.2, 0) is 12.4 Å². The van der Waals surface area contributed by atoms with Gasteiger partial charge in [-0.05, 0) is 48.9 Å². The van der Waals surface area contributed by atoms with Crippen molar-refractivity contribution in [3.8, 4) is 0 Å². The highest BCUT2D eigenvalue weighted by atomic mass is 32.2. The summed E-state index contributed by atoms with van der Waals surface area (Å²) in [6, 6.07) is 14.7.